The van der Waals surface area contributed by atoms with Gasteiger partial charge in [0.1, 0.15) is 0 Å². The molecule has 2 rings (SSSR count). The normalized spacial score (nSPS) is 33.0. The molecule has 1 saturated carbocycles. The molecule has 0 amide bonds. The molecular formula is C17H34N2. The molecule has 0 bridgehead atoms. The second kappa shape index (κ2) is 7.08. The van der Waals surface area contributed by atoms with Crippen LogP contribution in [0.1, 0.15) is 65.7 Å². The highest BCUT2D eigenvalue weighted by Crippen LogP contribution is 2.39. The maximum absolute atomic E-state index is 3.75. The fourth-order valence-corrected chi connectivity index (χ4v) is 4.11. The molecule has 0 radical (unpaired) electrons. The monoisotopic (exact) mass is 266 g/mol. The average Bonchev–Trinajstić information content (AvgIpc) is 2.61. The van der Waals surface area contributed by atoms with E-state index in [1.54, 1.807) is 0 Å². The molecule has 112 valence electrons. The Bertz CT molecular complexity index is 254. The molecule has 2 unspecified atom stereocenters. The summed E-state index contributed by atoms with van der Waals surface area (Å²) in [6, 6.07) is 0.765. The van der Waals surface area contributed by atoms with Gasteiger partial charge >= 0.3 is 0 Å². The summed E-state index contributed by atoms with van der Waals surface area (Å²) in [6.45, 7) is 12.3. The van der Waals surface area contributed by atoms with Gasteiger partial charge in [-0.2, -0.15) is 0 Å². The van der Waals surface area contributed by atoms with Gasteiger partial charge in [0.2, 0.25) is 0 Å². The van der Waals surface area contributed by atoms with Crippen molar-refractivity contribution in [3.8, 4) is 0 Å². The Labute approximate surface area is 120 Å². The Morgan fingerprint density at radius 1 is 1.11 bits per heavy atom. The number of hydrogen-bond donors (Lipinski definition) is 1. The molecule has 1 aliphatic carbocycles. The fraction of sp³-hybridized carbons (Fsp3) is 1.00. The predicted octanol–water partition coefficient (Wildman–Crippen LogP) is 3.67. The summed E-state index contributed by atoms with van der Waals surface area (Å²) in [5, 5.41) is 3.75. The minimum atomic E-state index is 0.558. The van der Waals surface area contributed by atoms with Crippen LogP contribution in [0.5, 0.6) is 0 Å². The largest absolute Gasteiger partial charge is 0.314 e. The van der Waals surface area contributed by atoms with E-state index in [4.69, 9.17) is 0 Å². The van der Waals surface area contributed by atoms with Crippen LogP contribution in [0, 0.1) is 11.3 Å². The van der Waals surface area contributed by atoms with E-state index in [2.05, 4.69) is 31.0 Å². The highest BCUT2D eigenvalue weighted by molar-refractivity contribution is 4.90. The molecule has 1 heterocycles. The van der Waals surface area contributed by atoms with Gasteiger partial charge in [-0.1, -0.05) is 33.6 Å². The van der Waals surface area contributed by atoms with Gasteiger partial charge in [-0.05, 0) is 63.1 Å². The Morgan fingerprint density at radius 3 is 2.42 bits per heavy atom. The van der Waals surface area contributed by atoms with E-state index in [1.807, 2.05) is 0 Å². The van der Waals surface area contributed by atoms with Gasteiger partial charge in [-0.3, -0.25) is 0 Å². The third-order valence-electron chi connectivity index (χ3n) is 5.17. The average molecular weight is 266 g/mol. The maximum Gasteiger partial charge on any atom is 0.0108 e. The molecule has 1 aliphatic heterocycles. The molecule has 0 aromatic carbocycles. The van der Waals surface area contributed by atoms with Crippen molar-refractivity contribution in [1.29, 1.82) is 0 Å². The molecule has 2 atom stereocenters. The third-order valence-corrected chi connectivity index (χ3v) is 5.17. The molecule has 1 N–H and O–H groups in total. The highest BCUT2D eigenvalue weighted by Gasteiger charge is 2.35. The van der Waals surface area contributed by atoms with Gasteiger partial charge < -0.3 is 10.2 Å². The van der Waals surface area contributed by atoms with Crippen molar-refractivity contribution in [3.05, 3.63) is 0 Å². The van der Waals surface area contributed by atoms with Crippen LogP contribution in [-0.4, -0.2) is 37.1 Å². The topological polar surface area (TPSA) is 15.3 Å². The first-order chi connectivity index (χ1) is 9.11. The molecule has 2 fully saturated rings. The molecule has 19 heavy (non-hydrogen) atoms. The number of nitrogens with one attached hydrogen (secondary N) is 1. The molecule has 2 heteroatoms. The lowest BCUT2D eigenvalue weighted by molar-refractivity contribution is 0.102. The van der Waals surface area contributed by atoms with Crippen LogP contribution >= 0.6 is 0 Å². The van der Waals surface area contributed by atoms with E-state index < -0.39 is 0 Å². The van der Waals surface area contributed by atoms with Crippen molar-refractivity contribution in [2.45, 2.75) is 71.8 Å². The lowest BCUT2D eigenvalue weighted by Crippen LogP contribution is -2.47. The summed E-state index contributed by atoms with van der Waals surface area (Å²) in [4.78, 5) is 2.75. The van der Waals surface area contributed by atoms with Crippen molar-refractivity contribution < 1.29 is 0 Å². The van der Waals surface area contributed by atoms with Crippen molar-refractivity contribution in [2.24, 2.45) is 11.3 Å². The van der Waals surface area contributed by atoms with Gasteiger partial charge in [-0.15, -0.1) is 0 Å². The molecular weight excluding hydrogens is 232 g/mol. The van der Waals surface area contributed by atoms with E-state index >= 15 is 0 Å². The SMILES string of the molecule is CCNC1CCC(C)(C)CC1CN1CCCCCC1. The van der Waals surface area contributed by atoms with E-state index in [9.17, 15) is 0 Å². The van der Waals surface area contributed by atoms with Gasteiger partial charge in [-0.25, -0.2) is 0 Å². The zero-order valence-electron chi connectivity index (χ0n) is 13.4. The summed E-state index contributed by atoms with van der Waals surface area (Å²) in [5.74, 6) is 0.863. The van der Waals surface area contributed by atoms with Crippen LogP contribution in [0.2, 0.25) is 0 Å². The first kappa shape index (κ1) is 15.3. The lowest BCUT2D eigenvalue weighted by atomic mass is 9.69. The van der Waals surface area contributed by atoms with Crippen molar-refractivity contribution in [3.63, 3.8) is 0 Å². The number of hydrogen-bond acceptors (Lipinski definition) is 2. The van der Waals surface area contributed by atoms with Crippen LogP contribution in [0.4, 0.5) is 0 Å². The fourth-order valence-electron chi connectivity index (χ4n) is 4.11. The second-order valence-corrected chi connectivity index (χ2v) is 7.55. The molecule has 2 aliphatic rings. The number of rotatable bonds is 4. The summed E-state index contributed by atoms with van der Waals surface area (Å²) >= 11 is 0. The molecule has 1 saturated heterocycles. The number of likely N-dealkylation sites (tertiary alicyclic amines) is 1. The Morgan fingerprint density at radius 2 is 1.79 bits per heavy atom. The van der Waals surface area contributed by atoms with Crippen LogP contribution in [0.3, 0.4) is 0 Å². The lowest BCUT2D eigenvalue weighted by Gasteiger charge is -2.43. The van der Waals surface area contributed by atoms with Gasteiger partial charge in [0.25, 0.3) is 0 Å². The van der Waals surface area contributed by atoms with Gasteiger partial charge in [0, 0.05) is 12.6 Å². The zero-order valence-corrected chi connectivity index (χ0v) is 13.4. The molecule has 0 aromatic heterocycles. The standard InChI is InChI=1S/C17H34N2/c1-4-18-16-9-10-17(2,3)13-15(16)14-19-11-7-5-6-8-12-19/h15-16,18H,4-14H2,1-3H3. The van der Waals surface area contributed by atoms with Crippen molar-refractivity contribution >= 4 is 0 Å². The smallest absolute Gasteiger partial charge is 0.0108 e. The quantitative estimate of drug-likeness (QED) is 0.835. The van der Waals surface area contributed by atoms with Gasteiger partial charge in [0.05, 0.1) is 0 Å². The van der Waals surface area contributed by atoms with Crippen LogP contribution in [0.15, 0.2) is 0 Å². The summed E-state index contributed by atoms with van der Waals surface area (Å²) in [6.07, 6.45) is 9.90. The van der Waals surface area contributed by atoms with Crippen LogP contribution in [-0.2, 0) is 0 Å². The Balaban J connectivity index is 1.92. The second-order valence-electron chi connectivity index (χ2n) is 7.55. The summed E-state index contributed by atoms with van der Waals surface area (Å²) < 4.78 is 0. The van der Waals surface area contributed by atoms with Crippen molar-refractivity contribution in [2.75, 3.05) is 26.2 Å². The molecule has 2 nitrogen and oxygen atoms in total. The highest BCUT2D eigenvalue weighted by atomic mass is 15.1. The van der Waals surface area contributed by atoms with Crippen LogP contribution in [0.25, 0.3) is 0 Å². The van der Waals surface area contributed by atoms with E-state index in [1.165, 1.54) is 64.6 Å². The summed E-state index contributed by atoms with van der Waals surface area (Å²) in [7, 11) is 0. The molecule has 0 spiro atoms. The molecule has 0 aromatic rings. The van der Waals surface area contributed by atoms with Crippen LogP contribution < -0.4 is 5.32 Å². The first-order valence-corrected chi connectivity index (χ1v) is 8.56. The zero-order chi connectivity index (χ0) is 13.7. The van der Waals surface area contributed by atoms with E-state index in [-0.39, 0.29) is 0 Å². The van der Waals surface area contributed by atoms with E-state index in [0.717, 1.165) is 18.5 Å². The van der Waals surface area contributed by atoms with Crippen molar-refractivity contribution in [1.82, 2.24) is 10.2 Å². The first-order valence-electron chi connectivity index (χ1n) is 8.56. The number of nitrogens with zero attached hydrogens (tertiary/aromatic N) is 1. The minimum Gasteiger partial charge on any atom is -0.314 e. The van der Waals surface area contributed by atoms with Gasteiger partial charge in [0.15, 0.2) is 0 Å². The maximum atomic E-state index is 3.75. The Kier molecular flexibility index (Phi) is 5.70. The minimum absolute atomic E-state index is 0.558. The summed E-state index contributed by atoms with van der Waals surface area (Å²) in [5.41, 5.74) is 0.558. The van der Waals surface area contributed by atoms with E-state index in [0.29, 0.717) is 5.41 Å². The predicted molar refractivity (Wildman–Crippen MR) is 83.5 cm³/mol. The Hall–Kier alpha value is -0.0800. The third kappa shape index (κ3) is 4.75.